The van der Waals surface area contributed by atoms with Crippen LogP contribution in [-0.2, 0) is 0 Å². The minimum atomic E-state index is 0.708. The normalized spacial score (nSPS) is 10.5. The van der Waals surface area contributed by atoms with Gasteiger partial charge in [-0.05, 0) is 36.4 Å². The van der Waals surface area contributed by atoms with E-state index >= 15 is 0 Å². The van der Waals surface area contributed by atoms with Crippen molar-refractivity contribution in [3.63, 3.8) is 0 Å². The molecule has 0 N–H and O–H groups in total. The SMILES string of the molecule is Clc1ccc(-c2ccc(-c3ccc(Cl)cc3)nn2)cc1. The van der Waals surface area contributed by atoms with Gasteiger partial charge in [-0.15, -0.1) is 10.2 Å². The highest BCUT2D eigenvalue weighted by Crippen LogP contribution is 2.22. The van der Waals surface area contributed by atoms with Gasteiger partial charge in [0.2, 0.25) is 0 Å². The lowest BCUT2D eigenvalue weighted by Crippen LogP contribution is -1.90. The van der Waals surface area contributed by atoms with Crippen LogP contribution in [0.25, 0.3) is 22.5 Å². The number of rotatable bonds is 2. The van der Waals surface area contributed by atoms with Gasteiger partial charge in [-0.25, -0.2) is 0 Å². The Morgan fingerprint density at radius 1 is 0.500 bits per heavy atom. The van der Waals surface area contributed by atoms with Gasteiger partial charge in [0.15, 0.2) is 0 Å². The molecule has 0 fully saturated rings. The van der Waals surface area contributed by atoms with Crippen LogP contribution in [0.15, 0.2) is 60.7 Å². The minimum absolute atomic E-state index is 0.708. The van der Waals surface area contributed by atoms with E-state index in [1.165, 1.54) is 0 Å². The number of hydrogen-bond acceptors (Lipinski definition) is 2. The lowest BCUT2D eigenvalue weighted by molar-refractivity contribution is 1.04. The van der Waals surface area contributed by atoms with E-state index in [1.54, 1.807) is 0 Å². The van der Waals surface area contributed by atoms with E-state index in [4.69, 9.17) is 23.2 Å². The summed E-state index contributed by atoms with van der Waals surface area (Å²) in [6.45, 7) is 0. The zero-order chi connectivity index (χ0) is 13.9. The smallest absolute Gasteiger partial charge is 0.0930 e. The number of benzene rings is 2. The summed E-state index contributed by atoms with van der Waals surface area (Å²) in [5.41, 5.74) is 3.62. The third-order valence-electron chi connectivity index (χ3n) is 2.94. The summed E-state index contributed by atoms with van der Waals surface area (Å²) in [5.74, 6) is 0. The van der Waals surface area contributed by atoms with Crippen molar-refractivity contribution in [3.8, 4) is 22.5 Å². The van der Waals surface area contributed by atoms with Gasteiger partial charge >= 0.3 is 0 Å². The van der Waals surface area contributed by atoms with Crippen LogP contribution in [0.2, 0.25) is 10.0 Å². The summed E-state index contributed by atoms with van der Waals surface area (Å²) in [5, 5.41) is 9.92. The van der Waals surface area contributed by atoms with Crippen molar-refractivity contribution in [3.05, 3.63) is 70.7 Å². The van der Waals surface area contributed by atoms with Crippen LogP contribution in [0.4, 0.5) is 0 Å². The Bertz CT molecular complexity index is 640. The van der Waals surface area contributed by atoms with Crippen molar-refractivity contribution in [1.29, 1.82) is 0 Å². The summed E-state index contributed by atoms with van der Waals surface area (Å²) >= 11 is 11.7. The van der Waals surface area contributed by atoms with Crippen LogP contribution in [0.5, 0.6) is 0 Å². The predicted octanol–water partition coefficient (Wildman–Crippen LogP) is 5.12. The molecular formula is C16H10Cl2N2. The molecule has 0 unspecified atom stereocenters. The molecule has 0 saturated carbocycles. The fraction of sp³-hybridized carbons (Fsp3) is 0. The fourth-order valence-corrected chi connectivity index (χ4v) is 2.13. The van der Waals surface area contributed by atoms with Gasteiger partial charge in [-0.2, -0.15) is 0 Å². The van der Waals surface area contributed by atoms with E-state index in [-0.39, 0.29) is 0 Å². The largest absolute Gasteiger partial charge is 0.150 e. The van der Waals surface area contributed by atoms with Crippen LogP contribution in [0, 0.1) is 0 Å². The first kappa shape index (κ1) is 13.1. The van der Waals surface area contributed by atoms with Gasteiger partial charge < -0.3 is 0 Å². The topological polar surface area (TPSA) is 25.8 Å². The standard InChI is InChI=1S/C16H10Cl2N2/c17-13-5-1-11(2-6-13)15-9-10-16(20-19-15)12-3-7-14(18)8-4-12/h1-10H. The summed E-state index contributed by atoms with van der Waals surface area (Å²) in [6, 6.07) is 18.9. The highest BCUT2D eigenvalue weighted by atomic mass is 35.5. The minimum Gasteiger partial charge on any atom is -0.150 e. The van der Waals surface area contributed by atoms with Gasteiger partial charge in [0.25, 0.3) is 0 Å². The zero-order valence-corrected chi connectivity index (χ0v) is 11.9. The molecule has 2 aromatic carbocycles. The molecule has 98 valence electrons. The average molecular weight is 301 g/mol. The van der Waals surface area contributed by atoms with Gasteiger partial charge in [-0.1, -0.05) is 47.5 Å². The molecule has 0 atom stereocenters. The number of hydrogen-bond donors (Lipinski definition) is 0. The second kappa shape index (κ2) is 5.61. The molecule has 0 bridgehead atoms. The van der Waals surface area contributed by atoms with Crippen LogP contribution >= 0.6 is 23.2 Å². The Balaban J connectivity index is 1.91. The highest BCUT2D eigenvalue weighted by Gasteiger charge is 2.03. The Kier molecular flexibility index (Phi) is 3.68. The van der Waals surface area contributed by atoms with Crippen molar-refractivity contribution in [2.75, 3.05) is 0 Å². The Hall–Kier alpha value is -1.90. The first-order valence-electron chi connectivity index (χ1n) is 6.08. The zero-order valence-electron chi connectivity index (χ0n) is 10.4. The van der Waals surface area contributed by atoms with Crippen LogP contribution in [0.1, 0.15) is 0 Å². The molecule has 0 radical (unpaired) electrons. The molecule has 3 rings (SSSR count). The molecule has 0 spiro atoms. The quantitative estimate of drug-likeness (QED) is 0.656. The predicted molar refractivity (Wildman–Crippen MR) is 82.9 cm³/mol. The van der Waals surface area contributed by atoms with Crippen LogP contribution in [-0.4, -0.2) is 10.2 Å². The maximum atomic E-state index is 5.87. The van der Waals surface area contributed by atoms with E-state index in [1.807, 2.05) is 60.7 Å². The molecule has 1 heterocycles. The number of aromatic nitrogens is 2. The second-order valence-electron chi connectivity index (χ2n) is 4.32. The van der Waals surface area contributed by atoms with E-state index in [9.17, 15) is 0 Å². The molecule has 0 amide bonds. The number of nitrogens with zero attached hydrogens (tertiary/aromatic N) is 2. The molecule has 0 aliphatic carbocycles. The highest BCUT2D eigenvalue weighted by molar-refractivity contribution is 6.30. The monoisotopic (exact) mass is 300 g/mol. The molecule has 0 aliphatic rings. The summed E-state index contributed by atoms with van der Waals surface area (Å²) in [4.78, 5) is 0. The second-order valence-corrected chi connectivity index (χ2v) is 5.19. The molecule has 1 aromatic heterocycles. The Morgan fingerprint density at radius 3 is 1.15 bits per heavy atom. The molecule has 4 heteroatoms. The lowest BCUT2D eigenvalue weighted by atomic mass is 10.1. The van der Waals surface area contributed by atoms with Crippen molar-refractivity contribution >= 4 is 23.2 Å². The first-order chi connectivity index (χ1) is 9.72. The Morgan fingerprint density at radius 2 is 0.850 bits per heavy atom. The maximum Gasteiger partial charge on any atom is 0.0930 e. The van der Waals surface area contributed by atoms with Gasteiger partial charge in [-0.3, -0.25) is 0 Å². The van der Waals surface area contributed by atoms with Crippen LogP contribution < -0.4 is 0 Å². The summed E-state index contributed by atoms with van der Waals surface area (Å²) < 4.78 is 0. The van der Waals surface area contributed by atoms with Crippen molar-refractivity contribution < 1.29 is 0 Å². The fourth-order valence-electron chi connectivity index (χ4n) is 1.88. The lowest BCUT2D eigenvalue weighted by Gasteiger charge is -2.03. The summed E-state index contributed by atoms with van der Waals surface area (Å²) in [7, 11) is 0. The molecule has 3 aromatic rings. The summed E-state index contributed by atoms with van der Waals surface area (Å²) in [6.07, 6.45) is 0. The van der Waals surface area contributed by atoms with Gasteiger partial charge in [0.1, 0.15) is 0 Å². The Labute approximate surface area is 127 Å². The molecular weight excluding hydrogens is 291 g/mol. The molecule has 0 saturated heterocycles. The van der Waals surface area contributed by atoms with E-state index in [0.29, 0.717) is 10.0 Å². The van der Waals surface area contributed by atoms with Crippen molar-refractivity contribution in [1.82, 2.24) is 10.2 Å². The van der Waals surface area contributed by atoms with E-state index in [2.05, 4.69) is 10.2 Å². The molecule has 2 nitrogen and oxygen atoms in total. The maximum absolute atomic E-state index is 5.87. The third-order valence-corrected chi connectivity index (χ3v) is 3.45. The first-order valence-corrected chi connectivity index (χ1v) is 6.83. The molecule has 20 heavy (non-hydrogen) atoms. The van der Waals surface area contributed by atoms with E-state index < -0.39 is 0 Å². The third kappa shape index (κ3) is 2.82. The van der Waals surface area contributed by atoms with Gasteiger partial charge in [0, 0.05) is 21.2 Å². The van der Waals surface area contributed by atoms with E-state index in [0.717, 1.165) is 22.5 Å². The van der Waals surface area contributed by atoms with Gasteiger partial charge in [0.05, 0.1) is 11.4 Å². The molecule has 0 aliphatic heterocycles. The number of halogens is 2. The van der Waals surface area contributed by atoms with Crippen molar-refractivity contribution in [2.24, 2.45) is 0 Å². The van der Waals surface area contributed by atoms with Crippen molar-refractivity contribution in [2.45, 2.75) is 0 Å². The average Bonchev–Trinajstić information content (AvgIpc) is 2.49. The van der Waals surface area contributed by atoms with Crippen LogP contribution in [0.3, 0.4) is 0 Å².